The summed E-state index contributed by atoms with van der Waals surface area (Å²) in [5.41, 5.74) is 9.54. The monoisotopic (exact) mass is 352 g/mol. The van der Waals surface area contributed by atoms with Crippen LogP contribution in [0.25, 0.3) is 0 Å². The van der Waals surface area contributed by atoms with Gasteiger partial charge < -0.3 is 15.9 Å². The van der Waals surface area contributed by atoms with E-state index >= 15 is 0 Å². The summed E-state index contributed by atoms with van der Waals surface area (Å²) < 4.78 is 0. The first kappa shape index (κ1) is 17.9. The van der Waals surface area contributed by atoms with Crippen LogP contribution >= 0.6 is 0 Å². The predicted octanol–water partition coefficient (Wildman–Crippen LogP) is 3.71. The molecule has 0 saturated heterocycles. The van der Waals surface area contributed by atoms with Crippen molar-refractivity contribution in [3.8, 4) is 0 Å². The minimum absolute atomic E-state index is 0.0524. The molecule has 1 saturated carbocycles. The van der Waals surface area contributed by atoms with Crippen LogP contribution in [0.15, 0.2) is 41.7 Å². The second kappa shape index (κ2) is 7.56. The molecule has 1 aliphatic rings. The molecule has 0 radical (unpaired) electrons. The maximum Gasteiger partial charge on any atom is 0.365 e. The third-order valence-electron chi connectivity index (χ3n) is 4.70. The van der Waals surface area contributed by atoms with E-state index in [0.717, 1.165) is 29.8 Å². The number of rotatable bonds is 6. The third-order valence-corrected chi connectivity index (χ3v) is 4.70. The van der Waals surface area contributed by atoms with Gasteiger partial charge in [0.05, 0.1) is 5.56 Å². The number of benzene rings is 1. The molecule has 0 bridgehead atoms. The summed E-state index contributed by atoms with van der Waals surface area (Å²) >= 11 is 0. The molecule has 0 spiro atoms. The molecule has 1 heterocycles. The number of nitrogens with two attached hydrogens (primary N) is 1. The van der Waals surface area contributed by atoms with Gasteiger partial charge in [-0.15, -0.1) is 0 Å². The van der Waals surface area contributed by atoms with Crippen LogP contribution in [0.4, 0.5) is 5.82 Å². The van der Waals surface area contributed by atoms with Crippen molar-refractivity contribution in [1.82, 2.24) is 4.98 Å². The Morgan fingerprint density at radius 3 is 2.62 bits per heavy atom. The first-order chi connectivity index (χ1) is 12.5. The second-order valence-electron chi connectivity index (χ2n) is 6.76. The van der Waals surface area contributed by atoms with E-state index in [1.807, 2.05) is 25.1 Å². The van der Waals surface area contributed by atoms with E-state index in [-0.39, 0.29) is 12.0 Å². The Labute approximate surface area is 153 Å². The first-order valence-electron chi connectivity index (χ1n) is 8.79. The number of amidine groups is 1. The van der Waals surface area contributed by atoms with E-state index in [2.05, 4.69) is 29.3 Å². The van der Waals surface area contributed by atoms with Crippen molar-refractivity contribution in [3.63, 3.8) is 0 Å². The number of pyridine rings is 1. The fourth-order valence-corrected chi connectivity index (χ4v) is 2.57. The van der Waals surface area contributed by atoms with E-state index in [0.29, 0.717) is 11.4 Å². The highest BCUT2D eigenvalue weighted by atomic mass is 16.7. The molecule has 1 atom stereocenters. The van der Waals surface area contributed by atoms with Gasteiger partial charge in [-0.2, -0.15) is 0 Å². The Balaban J connectivity index is 1.63. The molecule has 1 aromatic heterocycles. The second-order valence-corrected chi connectivity index (χ2v) is 6.76. The van der Waals surface area contributed by atoms with Crippen molar-refractivity contribution in [2.24, 2.45) is 16.8 Å². The molecule has 1 aromatic carbocycles. The van der Waals surface area contributed by atoms with E-state index in [4.69, 9.17) is 10.6 Å². The summed E-state index contributed by atoms with van der Waals surface area (Å²) in [6.45, 7) is 6.16. The van der Waals surface area contributed by atoms with E-state index in [9.17, 15) is 4.79 Å². The maximum atomic E-state index is 12.0. The molecule has 1 fully saturated rings. The number of carbonyl (C=O) groups is 1. The van der Waals surface area contributed by atoms with Crippen LogP contribution in [0.3, 0.4) is 0 Å². The van der Waals surface area contributed by atoms with Gasteiger partial charge >= 0.3 is 5.97 Å². The van der Waals surface area contributed by atoms with Gasteiger partial charge in [0.15, 0.2) is 0 Å². The zero-order valence-corrected chi connectivity index (χ0v) is 15.3. The molecule has 26 heavy (non-hydrogen) atoms. The summed E-state index contributed by atoms with van der Waals surface area (Å²) in [6, 6.07) is 9.30. The molecule has 1 aliphatic carbocycles. The summed E-state index contributed by atoms with van der Waals surface area (Å²) in [4.78, 5) is 21.3. The first-order valence-corrected chi connectivity index (χ1v) is 8.79. The van der Waals surface area contributed by atoms with E-state index in [1.54, 1.807) is 18.3 Å². The number of anilines is 1. The Bertz CT molecular complexity index is 826. The van der Waals surface area contributed by atoms with E-state index in [1.165, 1.54) is 5.56 Å². The van der Waals surface area contributed by atoms with Gasteiger partial charge in [0.1, 0.15) is 11.7 Å². The van der Waals surface area contributed by atoms with E-state index < -0.39 is 5.97 Å². The maximum absolute atomic E-state index is 12.0. The summed E-state index contributed by atoms with van der Waals surface area (Å²) in [6.07, 6.45) is 3.83. The lowest BCUT2D eigenvalue weighted by atomic mass is 10.1. The molecular formula is C20H24N4O2. The highest BCUT2D eigenvalue weighted by Gasteiger charge is 2.26. The summed E-state index contributed by atoms with van der Waals surface area (Å²) in [5.74, 6) is 1.03. The SMILES string of the molecule is Cc1ccnc(NC(C)c2ccc(C(=O)O/N=C(\N)C3CC3)cc2)c1C. The van der Waals surface area contributed by atoms with Gasteiger partial charge in [-0.25, -0.2) is 9.78 Å². The Hall–Kier alpha value is -2.89. The van der Waals surface area contributed by atoms with Crippen LogP contribution in [0, 0.1) is 19.8 Å². The van der Waals surface area contributed by atoms with Crippen molar-refractivity contribution in [2.45, 2.75) is 39.7 Å². The molecule has 6 nitrogen and oxygen atoms in total. The third kappa shape index (κ3) is 4.20. The van der Waals surface area contributed by atoms with Crippen LogP contribution in [-0.4, -0.2) is 16.8 Å². The van der Waals surface area contributed by atoms with Crippen LogP contribution in [0.2, 0.25) is 0 Å². The van der Waals surface area contributed by atoms with Gasteiger partial charge in [-0.1, -0.05) is 17.3 Å². The van der Waals surface area contributed by atoms with Gasteiger partial charge in [0.25, 0.3) is 0 Å². The lowest BCUT2D eigenvalue weighted by Gasteiger charge is -2.17. The minimum Gasteiger partial charge on any atom is -0.384 e. The normalized spacial score (nSPS) is 15.4. The van der Waals surface area contributed by atoms with Crippen LogP contribution in [0.5, 0.6) is 0 Å². The lowest BCUT2D eigenvalue weighted by Crippen LogP contribution is -2.15. The van der Waals surface area contributed by atoms with Gasteiger partial charge in [0, 0.05) is 18.2 Å². The lowest BCUT2D eigenvalue weighted by molar-refractivity contribution is 0.0514. The molecular weight excluding hydrogens is 328 g/mol. The molecule has 136 valence electrons. The number of nitrogens with zero attached hydrogens (tertiary/aromatic N) is 2. The smallest absolute Gasteiger partial charge is 0.365 e. The van der Waals surface area contributed by atoms with Crippen LogP contribution in [-0.2, 0) is 4.84 Å². The quantitative estimate of drug-likeness (QED) is 0.358. The van der Waals surface area contributed by atoms with Crippen LogP contribution in [0.1, 0.15) is 52.9 Å². The van der Waals surface area contributed by atoms with Gasteiger partial charge in [-0.3, -0.25) is 0 Å². The standard InChI is InChI=1S/C20H24N4O2/c1-12-10-11-22-19(13(12)2)23-14(3)15-4-8-17(9-5-15)20(25)26-24-18(21)16-6-7-16/h4-5,8-11,14,16H,6-7H2,1-3H3,(H2,21,24)(H,22,23). The topological polar surface area (TPSA) is 89.6 Å². The zero-order chi connectivity index (χ0) is 18.7. The highest BCUT2D eigenvalue weighted by Crippen LogP contribution is 2.28. The van der Waals surface area contributed by atoms with Gasteiger partial charge in [-0.05, 0) is 68.5 Å². The molecule has 3 rings (SSSR count). The zero-order valence-electron chi connectivity index (χ0n) is 15.3. The summed E-state index contributed by atoms with van der Waals surface area (Å²) in [5, 5.41) is 7.13. The highest BCUT2D eigenvalue weighted by molar-refractivity contribution is 5.91. The van der Waals surface area contributed by atoms with Crippen molar-refractivity contribution in [3.05, 3.63) is 58.8 Å². The summed E-state index contributed by atoms with van der Waals surface area (Å²) in [7, 11) is 0. The molecule has 6 heteroatoms. The molecule has 0 aliphatic heterocycles. The van der Waals surface area contributed by atoms with Crippen molar-refractivity contribution >= 4 is 17.6 Å². The average molecular weight is 352 g/mol. The fourth-order valence-electron chi connectivity index (χ4n) is 2.57. The number of aromatic nitrogens is 1. The number of hydrogen-bond donors (Lipinski definition) is 2. The van der Waals surface area contributed by atoms with Gasteiger partial charge in [0.2, 0.25) is 0 Å². The Morgan fingerprint density at radius 2 is 1.96 bits per heavy atom. The average Bonchev–Trinajstić information content (AvgIpc) is 3.48. The number of nitrogens with one attached hydrogen (secondary N) is 1. The van der Waals surface area contributed by atoms with Crippen LogP contribution < -0.4 is 11.1 Å². The number of carbonyl (C=O) groups excluding carboxylic acids is 1. The molecule has 2 aromatic rings. The minimum atomic E-state index is -0.503. The predicted molar refractivity (Wildman–Crippen MR) is 102 cm³/mol. The molecule has 3 N–H and O–H groups in total. The Morgan fingerprint density at radius 1 is 1.27 bits per heavy atom. The van der Waals surface area contributed by atoms with Crippen molar-refractivity contribution in [1.29, 1.82) is 0 Å². The number of aryl methyl sites for hydroxylation is 1. The molecule has 0 amide bonds. The van der Waals surface area contributed by atoms with Crippen molar-refractivity contribution < 1.29 is 9.63 Å². The number of oxime groups is 1. The largest absolute Gasteiger partial charge is 0.384 e. The Kier molecular flexibility index (Phi) is 5.21. The molecule has 1 unspecified atom stereocenters. The van der Waals surface area contributed by atoms with Crippen molar-refractivity contribution in [2.75, 3.05) is 5.32 Å². The fraction of sp³-hybridized carbons (Fsp3) is 0.350. The number of hydrogen-bond acceptors (Lipinski definition) is 5.